The Morgan fingerprint density at radius 3 is 2.78 bits per heavy atom. The molecule has 1 rings (SSSR count). The van der Waals surface area contributed by atoms with Crippen molar-refractivity contribution in [1.82, 2.24) is 0 Å². The molecule has 0 fully saturated rings. The molecule has 0 saturated carbocycles. The molecule has 0 atom stereocenters. The number of nitrogens with zero attached hydrogens (tertiary/aromatic N) is 1. The second-order valence-corrected chi connectivity index (χ2v) is 3.48. The molecular weight excluding hydrogens is 232 g/mol. The number of carboxylic acid groups (broad SMARTS) is 1. The van der Waals surface area contributed by atoms with Crippen molar-refractivity contribution in [2.45, 2.75) is 13.3 Å². The molecule has 0 aliphatic rings. The fourth-order valence-electron chi connectivity index (χ4n) is 1.30. The lowest BCUT2D eigenvalue weighted by molar-refractivity contribution is -0.111. The van der Waals surface area contributed by atoms with Crippen molar-refractivity contribution in [2.75, 3.05) is 5.32 Å². The number of nitriles is 1. The summed E-state index contributed by atoms with van der Waals surface area (Å²) in [5, 5.41) is 20.1. The van der Waals surface area contributed by atoms with Gasteiger partial charge in [-0.1, -0.05) is 13.0 Å². The highest BCUT2D eigenvalue weighted by Gasteiger charge is 2.12. The van der Waals surface area contributed by atoms with Crippen LogP contribution in [0.4, 0.5) is 5.69 Å². The maximum absolute atomic E-state index is 11.4. The largest absolute Gasteiger partial charge is 0.478 e. The Balaban J connectivity index is 3.02. The van der Waals surface area contributed by atoms with Gasteiger partial charge in [-0.25, -0.2) is 4.79 Å². The monoisotopic (exact) mass is 244 g/mol. The van der Waals surface area contributed by atoms with Crippen molar-refractivity contribution in [2.24, 2.45) is 0 Å². The van der Waals surface area contributed by atoms with E-state index in [0.717, 1.165) is 0 Å². The minimum absolute atomic E-state index is 0.104. The number of carboxylic acids is 1. The highest BCUT2D eigenvalue weighted by atomic mass is 16.4. The van der Waals surface area contributed by atoms with Crippen molar-refractivity contribution in [3.05, 3.63) is 41.5 Å². The Morgan fingerprint density at radius 2 is 2.22 bits per heavy atom. The van der Waals surface area contributed by atoms with Crippen molar-refractivity contribution in [1.29, 1.82) is 5.26 Å². The first-order chi connectivity index (χ1) is 8.58. The minimum atomic E-state index is -1.19. The molecule has 0 aliphatic heterocycles. The third kappa shape index (κ3) is 3.46. The van der Waals surface area contributed by atoms with Crippen LogP contribution < -0.4 is 5.32 Å². The Bertz CT molecular complexity index is 542. The van der Waals surface area contributed by atoms with Crippen LogP contribution in [0.2, 0.25) is 0 Å². The summed E-state index contributed by atoms with van der Waals surface area (Å²) in [6, 6.07) is 5.92. The summed E-state index contributed by atoms with van der Waals surface area (Å²) in [7, 11) is 0. The van der Waals surface area contributed by atoms with Gasteiger partial charge in [0.15, 0.2) is 0 Å². The first kappa shape index (κ1) is 13.5. The lowest BCUT2D eigenvalue weighted by atomic mass is 10.1. The number of carbonyl (C=O) groups is 2. The maximum atomic E-state index is 11.4. The fraction of sp³-hybridized carbons (Fsp3) is 0.154. The number of hydrogen-bond acceptors (Lipinski definition) is 3. The minimum Gasteiger partial charge on any atom is -0.478 e. The first-order valence-electron chi connectivity index (χ1n) is 5.33. The van der Waals surface area contributed by atoms with Crippen molar-refractivity contribution in [3.8, 4) is 6.07 Å². The fourth-order valence-corrected chi connectivity index (χ4v) is 1.30. The number of aromatic carboxylic acids is 1. The van der Waals surface area contributed by atoms with E-state index in [1.807, 2.05) is 13.0 Å². The van der Waals surface area contributed by atoms with Crippen LogP contribution in [0.15, 0.2) is 30.4 Å². The molecule has 5 heteroatoms. The molecule has 2 N–H and O–H groups in total. The number of amides is 1. The highest BCUT2D eigenvalue weighted by Crippen LogP contribution is 2.17. The zero-order valence-corrected chi connectivity index (χ0v) is 9.80. The molecule has 0 unspecified atom stereocenters. The summed E-state index contributed by atoms with van der Waals surface area (Å²) in [4.78, 5) is 22.5. The third-order valence-corrected chi connectivity index (χ3v) is 2.14. The second-order valence-electron chi connectivity index (χ2n) is 3.48. The number of anilines is 1. The van der Waals surface area contributed by atoms with E-state index >= 15 is 0 Å². The zero-order valence-electron chi connectivity index (χ0n) is 9.80. The van der Waals surface area contributed by atoms with Gasteiger partial charge in [0.2, 0.25) is 5.91 Å². The van der Waals surface area contributed by atoms with Gasteiger partial charge in [-0.3, -0.25) is 4.79 Å². The van der Waals surface area contributed by atoms with Crippen LogP contribution in [0, 0.1) is 11.3 Å². The summed E-state index contributed by atoms with van der Waals surface area (Å²) in [5.41, 5.74) is 0.300. The molecule has 1 aromatic rings. The van der Waals surface area contributed by atoms with Crippen LogP contribution >= 0.6 is 0 Å². The van der Waals surface area contributed by atoms with Gasteiger partial charge in [-0.2, -0.15) is 5.26 Å². The third-order valence-electron chi connectivity index (χ3n) is 2.14. The maximum Gasteiger partial charge on any atom is 0.337 e. The molecule has 0 spiro atoms. The molecule has 5 nitrogen and oxygen atoms in total. The molecule has 18 heavy (non-hydrogen) atoms. The molecule has 1 aromatic carbocycles. The molecule has 92 valence electrons. The molecule has 1 amide bonds. The summed E-state index contributed by atoms with van der Waals surface area (Å²) in [6.45, 7) is 1.88. The van der Waals surface area contributed by atoms with E-state index in [9.17, 15) is 9.59 Å². The molecule has 0 aromatic heterocycles. The van der Waals surface area contributed by atoms with E-state index in [0.29, 0.717) is 6.42 Å². The van der Waals surface area contributed by atoms with Crippen molar-refractivity contribution in [3.63, 3.8) is 0 Å². The van der Waals surface area contributed by atoms with Gasteiger partial charge in [0.05, 0.1) is 22.9 Å². The van der Waals surface area contributed by atoms with Gasteiger partial charge in [0.1, 0.15) is 0 Å². The molecule has 0 bridgehead atoms. The normalized spacial score (nSPS) is 10.0. The number of allylic oxidation sites excluding steroid dienone is 1. The van der Waals surface area contributed by atoms with E-state index in [2.05, 4.69) is 5.32 Å². The molecule has 0 saturated heterocycles. The Kier molecular flexibility index (Phi) is 4.64. The van der Waals surface area contributed by atoms with E-state index in [-0.39, 0.29) is 16.8 Å². The van der Waals surface area contributed by atoms with E-state index in [1.165, 1.54) is 24.3 Å². The van der Waals surface area contributed by atoms with Crippen LogP contribution in [0.1, 0.15) is 29.3 Å². The van der Waals surface area contributed by atoms with Crippen LogP contribution in [-0.4, -0.2) is 17.0 Å². The van der Waals surface area contributed by atoms with Gasteiger partial charge in [-0.05, 0) is 30.7 Å². The summed E-state index contributed by atoms with van der Waals surface area (Å²) >= 11 is 0. The molecule has 0 aliphatic carbocycles. The number of nitrogens with one attached hydrogen (secondary N) is 1. The van der Waals surface area contributed by atoms with Gasteiger partial charge in [-0.15, -0.1) is 0 Å². The van der Waals surface area contributed by atoms with Crippen LogP contribution in [0.25, 0.3) is 0 Å². The average Bonchev–Trinajstić information content (AvgIpc) is 2.36. The zero-order chi connectivity index (χ0) is 13.5. The van der Waals surface area contributed by atoms with Gasteiger partial charge >= 0.3 is 5.97 Å². The number of hydrogen-bond donors (Lipinski definition) is 2. The Hall–Kier alpha value is -2.61. The number of carbonyl (C=O) groups excluding carboxylic acids is 1. The lowest BCUT2D eigenvalue weighted by Crippen LogP contribution is -2.12. The Labute approximate surface area is 104 Å². The summed E-state index contributed by atoms with van der Waals surface area (Å²) in [5.74, 6) is -1.59. The van der Waals surface area contributed by atoms with Gasteiger partial charge in [0.25, 0.3) is 0 Å². The van der Waals surface area contributed by atoms with Crippen LogP contribution in [0.3, 0.4) is 0 Å². The molecule has 0 heterocycles. The predicted octanol–water partition coefficient (Wildman–Crippen LogP) is 2.16. The van der Waals surface area contributed by atoms with Gasteiger partial charge in [0, 0.05) is 0 Å². The van der Waals surface area contributed by atoms with Crippen LogP contribution in [-0.2, 0) is 4.79 Å². The lowest BCUT2D eigenvalue weighted by Gasteiger charge is -2.06. The van der Waals surface area contributed by atoms with E-state index < -0.39 is 11.9 Å². The standard InChI is InChI=1S/C13H12N2O3/c1-2-3-4-12(16)15-11-6-5-9(8-14)7-10(11)13(17)18/h3-7H,2H2,1H3,(H,15,16)(H,17,18)/b4-3+. The predicted molar refractivity (Wildman–Crippen MR) is 66.2 cm³/mol. The highest BCUT2D eigenvalue weighted by molar-refractivity contribution is 6.04. The van der Waals surface area contributed by atoms with E-state index in [1.54, 1.807) is 6.08 Å². The Morgan fingerprint density at radius 1 is 1.50 bits per heavy atom. The number of rotatable bonds is 4. The smallest absolute Gasteiger partial charge is 0.337 e. The average molecular weight is 244 g/mol. The summed E-state index contributed by atoms with van der Waals surface area (Å²) in [6.07, 6.45) is 3.72. The molecular formula is C13H12N2O3. The number of benzene rings is 1. The van der Waals surface area contributed by atoms with Crippen molar-refractivity contribution >= 4 is 17.6 Å². The first-order valence-corrected chi connectivity index (χ1v) is 5.33. The van der Waals surface area contributed by atoms with Crippen LogP contribution in [0.5, 0.6) is 0 Å². The SMILES string of the molecule is CC/C=C/C(=O)Nc1ccc(C#N)cc1C(=O)O. The van der Waals surface area contributed by atoms with Gasteiger partial charge < -0.3 is 10.4 Å². The van der Waals surface area contributed by atoms with E-state index in [4.69, 9.17) is 10.4 Å². The van der Waals surface area contributed by atoms with Crippen molar-refractivity contribution < 1.29 is 14.7 Å². The quantitative estimate of drug-likeness (QED) is 0.794. The second kappa shape index (κ2) is 6.21. The molecule has 0 radical (unpaired) electrons. The summed E-state index contributed by atoms with van der Waals surface area (Å²) < 4.78 is 0. The topological polar surface area (TPSA) is 90.2 Å².